The topological polar surface area (TPSA) is 24.5 Å². The zero-order chi connectivity index (χ0) is 9.68. The second kappa shape index (κ2) is 5.58. The number of hydrogen-bond acceptors (Lipinski definition) is 3. The largest absolute Gasteiger partial charge is 0.371 e. The molecule has 0 bridgehead atoms. The predicted molar refractivity (Wildman–Crippen MR) is 55.0 cm³/mol. The molecule has 2 atom stereocenters. The molecule has 3 nitrogen and oxygen atoms in total. The number of rotatable bonds is 4. The highest BCUT2D eigenvalue weighted by atomic mass is 16.5. The summed E-state index contributed by atoms with van der Waals surface area (Å²) in [6, 6.07) is 0. The van der Waals surface area contributed by atoms with Crippen molar-refractivity contribution in [1.82, 2.24) is 10.2 Å². The zero-order valence-corrected chi connectivity index (χ0v) is 9.05. The Labute approximate surface area is 81.4 Å². The molecule has 3 heteroatoms. The van der Waals surface area contributed by atoms with Gasteiger partial charge < -0.3 is 15.0 Å². The van der Waals surface area contributed by atoms with Gasteiger partial charge in [-0.25, -0.2) is 0 Å². The maximum absolute atomic E-state index is 5.82. The molecule has 0 aromatic carbocycles. The van der Waals surface area contributed by atoms with Crippen molar-refractivity contribution in [2.24, 2.45) is 0 Å². The highest BCUT2D eigenvalue weighted by molar-refractivity contribution is 4.74. The molecule has 0 amide bonds. The lowest BCUT2D eigenvalue weighted by molar-refractivity contribution is -0.0412. The fourth-order valence-electron chi connectivity index (χ4n) is 1.75. The average Bonchev–Trinajstić information content (AvgIpc) is 2.14. The molecule has 1 saturated heterocycles. The first-order valence-electron chi connectivity index (χ1n) is 5.34. The first-order valence-corrected chi connectivity index (χ1v) is 5.34. The predicted octanol–water partition coefficient (Wildman–Crippen LogP) is 0.705. The smallest absolute Gasteiger partial charge is 0.0830 e. The van der Waals surface area contributed by atoms with Crippen LogP contribution in [0.5, 0.6) is 0 Å². The minimum atomic E-state index is 0.370. The highest BCUT2D eigenvalue weighted by Crippen LogP contribution is 2.04. The fraction of sp³-hybridized carbons (Fsp3) is 1.00. The van der Waals surface area contributed by atoms with Gasteiger partial charge in [0.05, 0.1) is 12.2 Å². The van der Waals surface area contributed by atoms with Crippen LogP contribution in [-0.4, -0.2) is 49.8 Å². The summed E-state index contributed by atoms with van der Waals surface area (Å²) in [6.45, 7) is 11.8. The van der Waals surface area contributed by atoms with Crippen molar-refractivity contribution >= 4 is 0 Å². The maximum atomic E-state index is 5.82. The van der Waals surface area contributed by atoms with Gasteiger partial charge in [0.1, 0.15) is 0 Å². The van der Waals surface area contributed by atoms with Crippen molar-refractivity contribution in [2.75, 3.05) is 32.7 Å². The number of hydrogen-bond donors (Lipinski definition) is 1. The van der Waals surface area contributed by atoms with E-state index < -0.39 is 0 Å². The second-order valence-electron chi connectivity index (χ2n) is 3.71. The molecule has 1 aliphatic rings. The number of nitrogens with one attached hydrogen (secondary N) is 1. The van der Waals surface area contributed by atoms with Gasteiger partial charge in [-0.3, -0.25) is 0 Å². The highest BCUT2D eigenvalue weighted by Gasteiger charge is 2.19. The van der Waals surface area contributed by atoms with E-state index in [1.165, 1.54) is 0 Å². The monoisotopic (exact) mass is 186 g/mol. The first kappa shape index (κ1) is 11.0. The summed E-state index contributed by atoms with van der Waals surface area (Å²) in [5.41, 5.74) is 0. The summed E-state index contributed by atoms with van der Waals surface area (Å²) < 4.78 is 5.82. The quantitative estimate of drug-likeness (QED) is 0.699. The lowest BCUT2D eigenvalue weighted by atomic mass is 10.2. The third-order valence-electron chi connectivity index (χ3n) is 2.58. The van der Waals surface area contributed by atoms with Gasteiger partial charge in [0, 0.05) is 19.6 Å². The lowest BCUT2D eigenvalue weighted by Crippen LogP contribution is -2.48. The van der Waals surface area contributed by atoms with Crippen LogP contribution in [0, 0.1) is 0 Å². The molecule has 0 aromatic rings. The van der Waals surface area contributed by atoms with E-state index in [-0.39, 0.29) is 0 Å². The van der Waals surface area contributed by atoms with Crippen molar-refractivity contribution in [1.29, 1.82) is 0 Å². The summed E-state index contributed by atoms with van der Waals surface area (Å²) in [4.78, 5) is 2.41. The SMILES string of the molecule is CCN(CC)C[C@@H]1CNC[C@@H](C)O1. The van der Waals surface area contributed by atoms with E-state index in [0.29, 0.717) is 12.2 Å². The second-order valence-corrected chi connectivity index (χ2v) is 3.71. The van der Waals surface area contributed by atoms with E-state index in [9.17, 15) is 0 Å². The van der Waals surface area contributed by atoms with Gasteiger partial charge in [-0.05, 0) is 20.0 Å². The number of ether oxygens (including phenoxy) is 1. The van der Waals surface area contributed by atoms with Gasteiger partial charge in [-0.15, -0.1) is 0 Å². The molecular weight excluding hydrogens is 164 g/mol. The molecule has 1 aliphatic heterocycles. The minimum Gasteiger partial charge on any atom is -0.371 e. The van der Waals surface area contributed by atoms with Gasteiger partial charge in [0.2, 0.25) is 0 Å². The van der Waals surface area contributed by atoms with E-state index in [2.05, 4.69) is 31.0 Å². The van der Waals surface area contributed by atoms with Crippen molar-refractivity contribution in [3.05, 3.63) is 0 Å². The van der Waals surface area contributed by atoms with Gasteiger partial charge in [0.15, 0.2) is 0 Å². The van der Waals surface area contributed by atoms with Crippen LogP contribution in [0.1, 0.15) is 20.8 Å². The van der Waals surface area contributed by atoms with E-state index in [4.69, 9.17) is 4.74 Å². The molecule has 0 spiro atoms. The van der Waals surface area contributed by atoms with Crippen LogP contribution in [0.25, 0.3) is 0 Å². The van der Waals surface area contributed by atoms with E-state index in [1.54, 1.807) is 0 Å². The Balaban J connectivity index is 2.26. The van der Waals surface area contributed by atoms with Gasteiger partial charge in [-0.2, -0.15) is 0 Å². The van der Waals surface area contributed by atoms with Crippen molar-refractivity contribution < 1.29 is 4.74 Å². The van der Waals surface area contributed by atoms with Crippen LogP contribution < -0.4 is 5.32 Å². The Morgan fingerprint density at radius 1 is 1.31 bits per heavy atom. The van der Waals surface area contributed by atoms with Crippen LogP contribution >= 0.6 is 0 Å². The van der Waals surface area contributed by atoms with E-state index >= 15 is 0 Å². The zero-order valence-electron chi connectivity index (χ0n) is 9.05. The summed E-state index contributed by atoms with van der Waals surface area (Å²) in [5.74, 6) is 0. The summed E-state index contributed by atoms with van der Waals surface area (Å²) in [7, 11) is 0. The minimum absolute atomic E-state index is 0.370. The summed E-state index contributed by atoms with van der Waals surface area (Å²) in [6.07, 6.45) is 0.748. The van der Waals surface area contributed by atoms with Crippen molar-refractivity contribution in [3.63, 3.8) is 0 Å². The molecule has 0 radical (unpaired) electrons. The van der Waals surface area contributed by atoms with Gasteiger partial charge in [0.25, 0.3) is 0 Å². The van der Waals surface area contributed by atoms with E-state index in [0.717, 1.165) is 32.7 Å². The van der Waals surface area contributed by atoms with Crippen molar-refractivity contribution in [3.8, 4) is 0 Å². The molecule has 1 N–H and O–H groups in total. The molecule has 0 aromatic heterocycles. The molecule has 0 unspecified atom stereocenters. The summed E-state index contributed by atoms with van der Waals surface area (Å²) in [5, 5.41) is 3.39. The van der Waals surface area contributed by atoms with Gasteiger partial charge in [-0.1, -0.05) is 13.8 Å². The Kier molecular flexibility index (Phi) is 4.70. The molecule has 1 fully saturated rings. The van der Waals surface area contributed by atoms with Crippen LogP contribution in [0.15, 0.2) is 0 Å². The molecular formula is C10H22N2O. The third kappa shape index (κ3) is 3.63. The van der Waals surface area contributed by atoms with Crippen LogP contribution in [0.2, 0.25) is 0 Å². The first-order chi connectivity index (χ1) is 6.26. The van der Waals surface area contributed by atoms with E-state index in [1.807, 2.05) is 0 Å². The summed E-state index contributed by atoms with van der Waals surface area (Å²) >= 11 is 0. The number of nitrogens with zero attached hydrogens (tertiary/aromatic N) is 1. The Morgan fingerprint density at radius 3 is 2.54 bits per heavy atom. The molecule has 78 valence electrons. The average molecular weight is 186 g/mol. The normalized spacial score (nSPS) is 29.5. The fourth-order valence-corrected chi connectivity index (χ4v) is 1.75. The van der Waals surface area contributed by atoms with Crippen LogP contribution in [-0.2, 0) is 4.74 Å². The Morgan fingerprint density at radius 2 is 2.00 bits per heavy atom. The molecule has 0 aliphatic carbocycles. The molecule has 13 heavy (non-hydrogen) atoms. The molecule has 1 heterocycles. The Bertz CT molecular complexity index is 137. The van der Waals surface area contributed by atoms with Crippen molar-refractivity contribution in [2.45, 2.75) is 33.0 Å². The lowest BCUT2D eigenvalue weighted by Gasteiger charge is -2.32. The Hall–Kier alpha value is -0.120. The van der Waals surface area contributed by atoms with Crippen LogP contribution in [0.4, 0.5) is 0 Å². The molecule has 0 saturated carbocycles. The molecule has 1 rings (SSSR count). The number of morpholine rings is 1. The third-order valence-corrected chi connectivity index (χ3v) is 2.58. The number of likely N-dealkylation sites (N-methyl/N-ethyl adjacent to an activating group) is 1. The standard InChI is InChI=1S/C10H22N2O/c1-4-12(5-2)8-10-7-11-6-9(3)13-10/h9-11H,4-8H2,1-3H3/t9-,10+/m1/s1. The maximum Gasteiger partial charge on any atom is 0.0830 e. The van der Waals surface area contributed by atoms with Gasteiger partial charge >= 0.3 is 0 Å². The van der Waals surface area contributed by atoms with Crippen LogP contribution in [0.3, 0.4) is 0 Å².